The standard InChI is InChI=1S/C13H21NO5/c1-8-9(12(17)18)5-6-14(11(8)16)7-10(15)19-13(2,3)4/h8-9H,5-7H2,1-4H3,(H,17,18). The molecular weight excluding hydrogens is 250 g/mol. The van der Waals surface area contributed by atoms with Crippen molar-refractivity contribution in [1.82, 2.24) is 4.90 Å². The van der Waals surface area contributed by atoms with Crippen molar-refractivity contribution in [2.45, 2.75) is 39.7 Å². The van der Waals surface area contributed by atoms with Crippen molar-refractivity contribution in [2.24, 2.45) is 11.8 Å². The minimum Gasteiger partial charge on any atom is -0.481 e. The van der Waals surface area contributed by atoms with E-state index in [1.165, 1.54) is 4.90 Å². The lowest BCUT2D eigenvalue weighted by Crippen LogP contribution is -2.49. The van der Waals surface area contributed by atoms with Gasteiger partial charge in [-0.2, -0.15) is 0 Å². The first kappa shape index (κ1) is 15.5. The Labute approximate surface area is 112 Å². The number of carboxylic acid groups (broad SMARTS) is 1. The van der Waals surface area contributed by atoms with Crippen LogP contribution < -0.4 is 0 Å². The zero-order chi connectivity index (χ0) is 14.8. The van der Waals surface area contributed by atoms with Crippen LogP contribution in [0.2, 0.25) is 0 Å². The maximum atomic E-state index is 12.0. The Hall–Kier alpha value is -1.59. The molecule has 1 saturated heterocycles. The molecule has 1 aliphatic heterocycles. The molecule has 2 unspecified atom stereocenters. The summed E-state index contributed by atoms with van der Waals surface area (Å²) in [6, 6.07) is 0. The quantitative estimate of drug-likeness (QED) is 0.771. The number of likely N-dealkylation sites (tertiary alicyclic amines) is 1. The molecule has 1 fully saturated rings. The summed E-state index contributed by atoms with van der Waals surface area (Å²) in [5.74, 6) is -3.00. The van der Waals surface area contributed by atoms with E-state index in [9.17, 15) is 14.4 Å². The zero-order valence-electron chi connectivity index (χ0n) is 11.8. The number of carbonyl (C=O) groups is 3. The summed E-state index contributed by atoms with van der Waals surface area (Å²) in [7, 11) is 0. The molecule has 108 valence electrons. The van der Waals surface area contributed by atoms with Gasteiger partial charge in [0.05, 0.1) is 5.92 Å². The zero-order valence-corrected chi connectivity index (χ0v) is 11.8. The van der Waals surface area contributed by atoms with E-state index < -0.39 is 29.4 Å². The van der Waals surface area contributed by atoms with Crippen LogP contribution in [0.15, 0.2) is 0 Å². The predicted octanol–water partition coefficient (Wildman–Crippen LogP) is 0.897. The molecule has 2 atom stereocenters. The molecule has 6 nitrogen and oxygen atoms in total. The van der Waals surface area contributed by atoms with E-state index >= 15 is 0 Å². The lowest BCUT2D eigenvalue weighted by Gasteiger charge is -2.34. The molecule has 0 saturated carbocycles. The molecule has 1 aliphatic rings. The monoisotopic (exact) mass is 271 g/mol. The van der Waals surface area contributed by atoms with Gasteiger partial charge in [0, 0.05) is 12.5 Å². The second-order valence-corrected chi connectivity index (χ2v) is 5.87. The Morgan fingerprint density at radius 1 is 1.42 bits per heavy atom. The number of nitrogens with zero attached hydrogens (tertiary/aromatic N) is 1. The number of hydrogen-bond acceptors (Lipinski definition) is 4. The van der Waals surface area contributed by atoms with Crippen LogP contribution in [0.25, 0.3) is 0 Å². The maximum Gasteiger partial charge on any atom is 0.326 e. The van der Waals surface area contributed by atoms with Crippen molar-refractivity contribution in [3.63, 3.8) is 0 Å². The first-order chi connectivity index (χ1) is 8.61. The third-order valence-corrected chi connectivity index (χ3v) is 3.07. The molecule has 1 rings (SSSR count). The fourth-order valence-corrected chi connectivity index (χ4v) is 2.14. The molecule has 1 heterocycles. The molecule has 1 amide bonds. The number of piperidine rings is 1. The van der Waals surface area contributed by atoms with E-state index in [1.807, 2.05) is 0 Å². The van der Waals surface area contributed by atoms with E-state index in [0.717, 1.165) is 0 Å². The molecule has 19 heavy (non-hydrogen) atoms. The van der Waals surface area contributed by atoms with E-state index in [1.54, 1.807) is 27.7 Å². The van der Waals surface area contributed by atoms with Crippen LogP contribution in [0.5, 0.6) is 0 Å². The van der Waals surface area contributed by atoms with Crippen LogP contribution in [0.4, 0.5) is 0 Å². The van der Waals surface area contributed by atoms with Gasteiger partial charge in [0.1, 0.15) is 12.1 Å². The van der Waals surface area contributed by atoms with Crippen molar-refractivity contribution in [3.8, 4) is 0 Å². The number of ether oxygens (including phenoxy) is 1. The van der Waals surface area contributed by atoms with Crippen LogP contribution in [0, 0.1) is 11.8 Å². The largest absolute Gasteiger partial charge is 0.481 e. The molecule has 0 aromatic heterocycles. The van der Waals surface area contributed by atoms with E-state index in [0.29, 0.717) is 6.42 Å². The van der Waals surface area contributed by atoms with Gasteiger partial charge in [-0.15, -0.1) is 0 Å². The summed E-state index contributed by atoms with van der Waals surface area (Å²) in [6.07, 6.45) is 0.366. The van der Waals surface area contributed by atoms with E-state index in [2.05, 4.69) is 0 Å². The minimum absolute atomic E-state index is 0.118. The highest BCUT2D eigenvalue weighted by Crippen LogP contribution is 2.24. The highest BCUT2D eigenvalue weighted by molar-refractivity contribution is 5.88. The van der Waals surface area contributed by atoms with Crippen LogP contribution in [-0.4, -0.2) is 46.5 Å². The number of amides is 1. The fraction of sp³-hybridized carbons (Fsp3) is 0.769. The first-order valence-electron chi connectivity index (χ1n) is 6.35. The Balaban J connectivity index is 2.60. The van der Waals surface area contributed by atoms with Crippen LogP contribution in [-0.2, 0) is 19.1 Å². The number of hydrogen-bond donors (Lipinski definition) is 1. The highest BCUT2D eigenvalue weighted by Gasteiger charge is 2.38. The third-order valence-electron chi connectivity index (χ3n) is 3.07. The number of aliphatic carboxylic acids is 1. The van der Waals surface area contributed by atoms with E-state index in [4.69, 9.17) is 9.84 Å². The van der Waals surface area contributed by atoms with Gasteiger partial charge in [0.2, 0.25) is 5.91 Å². The fourth-order valence-electron chi connectivity index (χ4n) is 2.14. The van der Waals surface area contributed by atoms with Crippen LogP contribution >= 0.6 is 0 Å². The van der Waals surface area contributed by atoms with Crippen molar-refractivity contribution in [1.29, 1.82) is 0 Å². The summed E-state index contributed by atoms with van der Waals surface area (Å²) >= 11 is 0. The topological polar surface area (TPSA) is 83.9 Å². The van der Waals surface area contributed by atoms with Gasteiger partial charge < -0.3 is 14.7 Å². The summed E-state index contributed by atoms with van der Waals surface area (Å²) in [5.41, 5.74) is -0.592. The van der Waals surface area contributed by atoms with Gasteiger partial charge in [-0.25, -0.2) is 0 Å². The minimum atomic E-state index is -0.960. The summed E-state index contributed by atoms with van der Waals surface area (Å²) in [4.78, 5) is 36.0. The smallest absolute Gasteiger partial charge is 0.326 e. The number of esters is 1. The van der Waals surface area contributed by atoms with Crippen LogP contribution in [0.1, 0.15) is 34.1 Å². The predicted molar refractivity (Wildman–Crippen MR) is 67.3 cm³/mol. The van der Waals surface area contributed by atoms with Gasteiger partial charge >= 0.3 is 11.9 Å². The molecule has 1 N–H and O–H groups in total. The number of carbonyl (C=O) groups excluding carboxylic acids is 2. The second-order valence-electron chi connectivity index (χ2n) is 5.87. The lowest BCUT2D eigenvalue weighted by atomic mass is 9.86. The summed E-state index contributed by atoms with van der Waals surface area (Å²) < 4.78 is 5.15. The van der Waals surface area contributed by atoms with Gasteiger partial charge in [-0.3, -0.25) is 14.4 Å². The van der Waals surface area contributed by atoms with Gasteiger partial charge in [-0.05, 0) is 27.2 Å². The normalized spacial score (nSPS) is 24.2. The maximum absolute atomic E-state index is 12.0. The molecule has 6 heteroatoms. The third kappa shape index (κ3) is 4.22. The Bertz CT molecular complexity index is 385. The average Bonchev–Trinajstić information content (AvgIpc) is 2.21. The summed E-state index contributed by atoms with van der Waals surface area (Å²) in [6.45, 7) is 7.01. The van der Waals surface area contributed by atoms with Gasteiger partial charge in [0.15, 0.2) is 0 Å². The molecule has 0 spiro atoms. The average molecular weight is 271 g/mol. The van der Waals surface area contributed by atoms with Crippen molar-refractivity contribution >= 4 is 17.8 Å². The lowest BCUT2D eigenvalue weighted by molar-refractivity contribution is -0.163. The first-order valence-corrected chi connectivity index (χ1v) is 6.35. The number of carboxylic acids is 1. The molecular formula is C13H21NO5. The molecule has 0 aromatic carbocycles. The Morgan fingerprint density at radius 2 is 2.00 bits per heavy atom. The van der Waals surface area contributed by atoms with Crippen LogP contribution in [0.3, 0.4) is 0 Å². The van der Waals surface area contributed by atoms with Crippen molar-refractivity contribution in [2.75, 3.05) is 13.1 Å². The Kier molecular flexibility index (Phi) is 4.55. The van der Waals surface area contributed by atoms with Crippen molar-refractivity contribution in [3.05, 3.63) is 0 Å². The molecule has 0 aliphatic carbocycles. The van der Waals surface area contributed by atoms with Gasteiger partial charge in [0.25, 0.3) is 0 Å². The Morgan fingerprint density at radius 3 is 2.47 bits per heavy atom. The van der Waals surface area contributed by atoms with Crippen molar-refractivity contribution < 1.29 is 24.2 Å². The SMILES string of the molecule is CC1C(=O)N(CC(=O)OC(C)(C)C)CCC1C(=O)O. The highest BCUT2D eigenvalue weighted by atomic mass is 16.6. The molecule has 0 aromatic rings. The van der Waals surface area contributed by atoms with E-state index in [-0.39, 0.29) is 19.0 Å². The molecule has 0 radical (unpaired) electrons. The van der Waals surface area contributed by atoms with Gasteiger partial charge in [-0.1, -0.05) is 6.92 Å². The number of rotatable bonds is 3. The molecule has 0 bridgehead atoms. The summed E-state index contributed by atoms with van der Waals surface area (Å²) in [5, 5.41) is 8.99. The second kappa shape index (κ2) is 5.59.